The molecule has 0 aliphatic rings. The molecule has 0 fully saturated rings. The van der Waals surface area contributed by atoms with Crippen LogP contribution >= 0.6 is 27.5 Å². The fraction of sp³-hybridized carbons (Fsp3) is 0.250. The number of rotatable bonds is 4. The van der Waals surface area contributed by atoms with E-state index in [0.29, 0.717) is 0 Å². The van der Waals surface area contributed by atoms with Crippen LogP contribution in [0.4, 0.5) is 0 Å². The van der Waals surface area contributed by atoms with Gasteiger partial charge in [0.1, 0.15) is 0 Å². The maximum atomic E-state index is 5.57. The summed E-state index contributed by atoms with van der Waals surface area (Å²) in [5.74, 6) is 0.785. The molecule has 0 aliphatic carbocycles. The van der Waals surface area contributed by atoms with Gasteiger partial charge in [0.15, 0.2) is 0 Å². The third-order valence-electron chi connectivity index (χ3n) is 2.43. The van der Waals surface area contributed by atoms with Crippen LogP contribution in [0.1, 0.15) is 18.4 Å². The van der Waals surface area contributed by atoms with Crippen LogP contribution < -0.4 is 0 Å². The Kier molecular flexibility index (Phi) is 8.62. The molecule has 2 aromatic carbocycles. The molecule has 0 nitrogen and oxygen atoms in total. The molecule has 0 saturated heterocycles. The Morgan fingerprint density at radius 2 is 1.33 bits per heavy atom. The molecule has 2 heteroatoms. The van der Waals surface area contributed by atoms with Crippen molar-refractivity contribution in [2.24, 2.45) is 0 Å². The molecule has 0 atom stereocenters. The van der Waals surface area contributed by atoms with E-state index in [9.17, 15) is 0 Å². The van der Waals surface area contributed by atoms with E-state index in [-0.39, 0.29) is 0 Å². The lowest BCUT2D eigenvalue weighted by Crippen LogP contribution is -1.84. The van der Waals surface area contributed by atoms with E-state index < -0.39 is 0 Å². The molecule has 0 N–H and O–H groups in total. The van der Waals surface area contributed by atoms with E-state index in [0.717, 1.165) is 23.2 Å². The zero-order chi connectivity index (χ0) is 13.1. The Bertz CT molecular complexity index is 400. The van der Waals surface area contributed by atoms with Crippen molar-refractivity contribution < 1.29 is 0 Å². The number of benzene rings is 2. The van der Waals surface area contributed by atoms with Gasteiger partial charge in [-0.1, -0.05) is 64.5 Å². The van der Waals surface area contributed by atoms with Crippen molar-refractivity contribution in [1.82, 2.24) is 0 Å². The topological polar surface area (TPSA) is 0 Å². The van der Waals surface area contributed by atoms with Gasteiger partial charge in [0, 0.05) is 10.4 Å². The predicted octanol–water partition coefficient (Wildman–Crippen LogP) is 5.70. The second-order valence-corrected chi connectivity index (χ2v) is 5.22. The molecule has 0 radical (unpaired) electrons. The summed E-state index contributed by atoms with van der Waals surface area (Å²) in [4.78, 5) is 0. The Morgan fingerprint density at radius 3 is 1.78 bits per heavy atom. The van der Waals surface area contributed by atoms with Gasteiger partial charge in [0.05, 0.1) is 0 Å². The number of alkyl halides is 1. The van der Waals surface area contributed by atoms with Crippen molar-refractivity contribution in [3.05, 3.63) is 70.7 Å². The summed E-state index contributed by atoms with van der Waals surface area (Å²) in [6.45, 7) is 0. The normalized spacial score (nSPS) is 9.44. The first kappa shape index (κ1) is 15.3. The largest absolute Gasteiger partial charge is 0.127 e. The fourth-order valence-corrected chi connectivity index (χ4v) is 1.98. The van der Waals surface area contributed by atoms with Crippen molar-refractivity contribution in [1.29, 1.82) is 0 Å². The summed E-state index contributed by atoms with van der Waals surface area (Å²) < 4.78 is 1.13. The zero-order valence-electron chi connectivity index (χ0n) is 10.4. The Hall–Kier alpha value is -0.790. The van der Waals surface area contributed by atoms with E-state index in [4.69, 9.17) is 11.6 Å². The van der Waals surface area contributed by atoms with Gasteiger partial charge in [-0.25, -0.2) is 0 Å². The molecule has 0 aromatic heterocycles. The van der Waals surface area contributed by atoms with Gasteiger partial charge in [0.2, 0.25) is 0 Å². The van der Waals surface area contributed by atoms with Crippen LogP contribution in [0.3, 0.4) is 0 Å². The Balaban J connectivity index is 0.000000199. The fourth-order valence-electron chi connectivity index (χ4n) is 1.48. The van der Waals surface area contributed by atoms with E-state index >= 15 is 0 Å². The molecule has 0 bridgehead atoms. The van der Waals surface area contributed by atoms with E-state index in [2.05, 4.69) is 40.2 Å². The van der Waals surface area contributed by atoms with Crippen LogP contribution in [0.5, 0.6) is 0 Å². The minimum absolute atomic E-state index is 0.785. The third-order valence-corrected chi connectivity index (χ3v) is 3.22. The number of hydrogen-bond donors (Lipinski definition) is 0. The molecule has 2 rings (SSSR count). The first-order chi connectivity index (χ1) is 8.83. The molecule has 2 aromatic rings. The number of aryl methyl sites for hydroxylation is 1. The molecular formula is C16H18BrCl. The van der Waals surface area contributed by atoms with E-state index in [1.54, 1.807) is 0 Å². The average molecular weight is 326 g/mol. The highest BCUT2D eigenvalue weighted by atomic mass is 79.9. The summed E-state index contributed by atoms with van der Waals surface area (Å²) in [6, 6.07) is 20.5. The number of hydrogen-bond acceptors (Lipinski definition) is 0. The van der Waals surface area contributed by atoms with Crippen molar-refractivity contribution in [2.75, 3.05) is 5.88 Å². The maximum absolute atomic E-state index is 5.57. The molecule has 0 heterocycles. The predicted molar refractivity (Wildman–Crippen MR) is 84.2 cm³/mol. The summed E-state index contributed by atoms with van der Waals surface area (Å²) in [6.07, 6.45) is 3.48. The monoisotopic (exact) mass is 324 g/mol. The van der Waals surface area contributed by atoms with Crippen LogP contribution in [0.25, 0.3) is 0 Å². The summed E-state index contributed by atoms with van der Waals surface area (Å²) in [5.41, 5.74) is 1.41. The molecule has 0 saturated carbocycles. The highest BCUT2D eigenvalue weighted by Gasteiger charge is 1.89. The number of unbranched alkanes of at least 4 members (excludes halogenated alkanes) is 1. The van der Waals surface area contributed by atoms with Gasteiger partial charge < -0.3 is 0 Å². The highest BCUT2D eigenvalue weighted by Crippen LogP contribution is 2.05. The van der Waals surface area contributed by atoms with Crippen LogP contribution in [0, 0.1) is 0 Å². The maximum Gasteiger partial charge on any atom is 0.0223 e. The second kappa shape index (κ2) is 10.2. The molecular weight excluding hydrogens is 308 g/mol. The smallest absolute Gasteiger partial charge is 0.0223 e. The SMILES string of the molecule is Brc1ccccc1.ClCCCCc1ccccc1. The number of halogens is 2. The minimum Gasteiger partial charge on any atom is -0.127 e. The highest BCUT2D eigenvalue weighted by molar-refractivity contribution is 9.10. The lowest BCUT2D eigenvalue weighted by molar-refractivity contribution is 0.800. The quantitative estimate of drug-likeness (QED) is 0.500. The lowest BCUT2D eigenvalue weighted by atomic mass is 10.1. The first-order valence-corrected chi connectivity index (χ1v) is 7.46. The lowest BCUT2D eigenvalue weighted by Gasteiger charge is -1.97. The van der Waals surface area contributed by atoms with Crippen molar-refractivity contribution in [3.63, 3.8) is 0 Å². The van der Waals surface area contributed by atoms with Crippen LogP contribution in [-0.2, 0) is 6.42 Å². The summed E-state index contributed by atoms with van der Waals surface area (Å²) >= 11 is 8.88. The molecule has 96 valence electrons. The standard InChI is InChI=1S/C10H13Cl.C6H5Br/c11-9-5-4-8-10-6-2-1-3-7-10;7-6-4-2-1-3-5-6/h1-3,6-7H,4-5,8-9H2;1-5H. The van der Waals surface area contributed by atoms with E-state index in [1.165, 1.54) is 12.0 Å². The van der Waals surface area contributed by atoms with Crippen molar-refractivity contribution >= 4 is 27.5 Å². The summed E-state index contributed by atoms with van der Waals surface area (Å²) in [7, 11) is 0. The molecule has 18 heavy (non-hydrogen) atoms. The third kappa shape index (κ3) is 7.52. The Morgan fingerprint density at radius 1 is 0.778 bits per heavy atom. The molecule has 0 aliphatic heterocycles. The second-order valence-electron chi connectivity index (χ2n) is 3.93. The zero-order valence-corrected chi connectivity index (χ0v) is 12.7. The molecule has 0 spiro atoms. The van der Waals surface area contributed by atoms with Crippen LogP contribution in [0.15, 0.2) is 65.1 Å². The van der Waals surface area contributed by atoms with Gasteiger partial charge in [-0.2, -0.15) is 0 Å². The van der Waals surface area contributed by atoms with Crippen molar-refractivity contribution in [3.8, 4) is 0 Å². The van der Waals surface area contributed by atoms with Crippen LogP contribution in [0.2, 0.25) is 0 Å². The van der Waals surface area contributed by atoms with Gasteiger partial charge in [-0.15, -0.1) is 11.6 Å². The van der Waals surface area contributed by atoms with Gasteiger partial charge in [-0.3, -0.25) is 0 Å². The average Bonchev–Trinajstić information content (AvgIpc) is 2.42. The molecule has 0 amide bonds. The van der Waals surface area contributed by atoms with Gasteiger partial charge in [0.25, 0.3) is 0 Å². The van der Waals surface area contributed by atoms with E-state index in [1.807, 2.05) is 36.4 Å². The minimum atomic E-state index is 0.785. The van der Waals surface area contributed by atoms with Crippen molar-refractivity contribution in [2.45, 2.75) is 19.3 Å². The Labute approximate surface area is 123 Å². The first-order valence-electron chi connectivity index (χ1n) is 6.13. The van der Waals surface area contributed by atoms with Crippen LogP contribution in [-0.4, -0.2) is 5.88 Å². The summed E-state index contributed by atoms with van der Waals surface area (Å²) in [5, 5.41) is 0. The molecule has 0 unspecified atom stereocenters. The van der Waals surface area contributed by atoms with Gasteiger partial charge >= 0.3 is 0 Å². The van der Waals surface area contributed by atoms with Gasteiger partial charge in [-0.05, 0) is 37.0 Å².